The lowest BCUT2D eigenvalue weighted by molar-refractivity contribution is -0.110. The van der Waals surface area contributed by atoms with Gasteiger partial charge in [0.2, 0.25) is 0 Å². The van der Waals surface area contributed by atoms with E-state index in [-0.39, 0.29) is 25.0 Å². The molecule has 0 unspecified atom stereocenters. The molecule has 0 radical (unpaired) electrons. The van der Waals surface area contributed by atoms with Crippen molar-refractivity contribution in [3.05, 3.63) is 70.5 Å². The van der Waals surface area contributed by atoms with E-state index >= 15 is 0 Å². The molecule has 0 saturated carbocycles. The molecule has 4 heterocycles. The minimum atomic E-state index is -0.177. The number of H-pyrrole nitrogens is 1. The first-order valence-electron chi connectivity index (χ1n) is 14.7. The number of piperidine rings is 1. The van der Waals surface area contributed by atoms with Crippen LogP contribution in [0, 0.1) is 13.8 Å². The quantitative estimate of drug-likeness (QED) is 0.363. The Balaban J connectivity index is 1.28. The lowest BCUT2D eigenvalue weighted by Gasteiger charge is -2.36. The fraction of sp³-hybridized carbons (Fsp3) is 0.394. The van der Waals surface area contributed by atoms with Gasteiger partial charge in [-0.15, -0.1) is 0 Å². The molecule has 8 nitrogen and oxygen atoms in total. The second-order valence-electron chi connectivity index (χ2n) is 11.3. The third kappa shape index (κ3) is 5.29. The van der Waals surface area contributed by atoms with Crippen molar-refractivity contribution in [1.82, 2.24) is 14.8 Å². The van der Waals surface area contributed by atoms with Crippen molar-refractivity contribution in [1.29, 1.82) is 0 Å². The second-order valence-corrected chi connectivity index (χ2v) is 11.3. The van der Waals surface area contributed by atoms with Gasteiger partial charge in [0, 0.05) is 41.8 Å². The summed E-state index contributed by atoms with van der Waals surface area (Å²) < 4.78 is 5.63. The number of carbonyl (C=O) groups excluding carboxylic acids is 2. The number of hydrogen-bond donors (Lipinski definition) is 3. The Morgan fingerprint density at radius 3 is 2.59 bits per heavy atom. The van der Waals surface area contributed by atoms with E-state index < -0.39 is 0 Å². The van der Waals surface area contributed by atoms with Crippen LogP contribution < -0.4 is 10.1 Å². The molecule has 2 fully saturated rings. The number of nitrogens with one attached hydrogen (secondary N) is 2. The zero-order valence-electron chi connectivity index (χ0n) is 23.8. The minimum Gasteiger partial charge on any atom is -0.491 e. The average Bonchev–Trinajstić information content (AvgIpc) is 3.70. The second kappa shape index (κ2) is 11.5. The van der Waals surface area contributed by atoms with Gasteiger partial charge in [-0.25, -0.2) is 0 Å². The van der Waals surface area contributed by atoms with Crippen molar-refractivity contribution in [2.45, 2.75) is 45.6 Å². The topological polar surface area (TPSA) is 97.9 Å². The summed E-state index contributed by atoms with van der Waals surface area (Å²) in [6.07, 6.45) is 6.49. The predicted molar refractivity (Wildman–Crippen MR) is 161 cm³/mol. The molecule has 8 heteroatoms. The number of aromatic nitrogens is 1. The van der Waals surface area contributed by atoms with Gasteiger partial charge >= 0.3 is 0 Å². The maximum Gasteiger partial charge on any atom is 0.256 e. The van der Waals surface area contributed by atoms with E-state index in [9.17, 15) is 9.59 Å². The Labute approximate surface area is 241 Å². The van der Waals surface area contributed by atoms with E-state index in [1.54, 1.807) is 0 Å². The van der Waals surface area contributed by atoms with Crippen LogP contribution in [-0.4, -0.2) is 77.1 Å². The summed E-state index contributed by atoms with van der Waals surface area (Å²) in [5.41, 5.74) is 7.09. The third-order valence-electron chi connectivity index (χ3n) is 8.72. The molecule has 3 aromatic rings. The number of likely N-dealkylation sites (tertiary alicyclic amines) is 2. The van der Waals surface area contributed by atoms with E-state index in [2.05, 4.69) is 15.2 Å². The molecule has 0 atom stereocenters. The van der Waals surface area contributed by atoms with Crippen molar-refractivity contribution in [2.24, 2.45) is 0 Å². The van der Waals surface area contributed by atoms with Gasteiger partial charge < -0.3 is 29.9 Å². The van der Waals surface area contributed by atoms with Crippen LogP contribution in [0.1, 0.15) is 58.6 Å². The van der Waals surface area contributed by atoms with Gasteiger partial charge in [-0.1, -0.05) is 24.3 Å². The lowest BCUT2D eigenvalue weighted by atomic mass is 9.94. The number of aromatic amines is 1. The molecule has 6 rings (SSSR count). The number of aryl methyl sites for hydroxylation is 1. The van der Waals surface area contributed by atoms with Crippen molar-refractivity contribution in [2.75, 3.05) is 44.7 Å². The highest BCUT2D eigenvalue weighted by molar-refractivity contribution is 6.36. The van der Waals surface area contributed by atoms with Crippen LogP contribution in [0.25, 0.3) is 22.8 Å². The number of carbonyl (C=O) groups is 2. The molecule has 2 saturated heterocycles. The number of ether oxygens (including phenoxy) is 1. The number of amides is 2. The maximum atomic E-state index is 13.7. The summed E-state index contributed by atoms with van der Waals surface area (Å²) in [7, 11) is 0. The summed E-state index contributed by atoms with van der Waals surface area (Å²) in [5, 5.41) is 12.1. The van der Waals surface area contributed by atoms with Crippen molar-refractivity contribution >= 4 is 29.2 Å². The number of hydrogen-bond acceptors (Lipinski definition) is 5. The third-order valence-corrected chi connectivity index (χ3v) is 8.72. The summed E-state index contributed by atoms with van der Waals surface area (Å²) in [5.74, 6) is 0.543. The number of benzene rings is 2. The standard InChI is InChI=1S/C33H38N4O4/c1-21-29(34-22(2)30(21)33(40)37-15-11-24(12-16-37)36-13-3-4-14-36)20-27-31-26(9-6-10-28(31)35-32(27)39)23-7-5-8-25(19-23)41-18-17-38/h5-10,19-20,24,34,38H,3-4,11-18H2,1-2H3,(H,35,39). The molecule has 3 N–H and O–H groups in total. The highest BCUT2D eigenvalue weighted by atomic mass is 16.5. The Morgan fingerprint density at radius 1 is 1.07 bits per heavy atom. The van der Waals surface area contributed by atoms with Crippen LogP contribution in [0.2, 0.25) is 0 Å². The van der Waals surface area contributed by atoms with E-state index in [0.717, 1.165) is 65.3 Å². The highest BCUT2D eigenvalue weighted by Gasteiger charge is 2.32. The first-order valence-corrected chi connectivity index (χ1v) is 14.7. The Bertz CT molecular complexity index is 1490. The molecule has 0 aliphatic carbocycles. The number of nitrogens with zero attached hydrogens (tertiary/aromatic N) is 2. The van der Waals surface area contributed by atoms with Crippen molar-refractivity contribution < 1.29 is 19.4 Å². The van der Waals surface area contributed by atoms with Crippen LogP contribution in [-0.2, 0) is 4.79 Å². The number of aliphatic hydroxyl groups excluding tert-OH is 1. The van der Waals surface area contributed by atoms with Gasteiger partial charge in [-0.05, 0) is 93.6 Å². The van der Waals surface area contributed by atoms with Crippen molar-refractivity contribution in [3.8, 4) is 16.9 Å². The Hall–Kier alpha value is -3.88. The smallest absolute Gasteiger partial charge is 0.256 e. The van der Waals surface area contributed by atoms with Crippen molar-refractivity contribution in [3.63, 3.8) is 0 Å². The summed E-state index contributed by atoms with van der Waals surface area (Å²) >= 11 is 0. The number of fused-ring (bicyclic) bond motifs is 1. The van der Waals surface area contributed by atoms with Gasteiger partial charge in [0.15, 0.2) is 0 Å². The highest BCUT2D eigenvalue weighted by Crippen LogP contribution is 2.41. The fourth-order valence-corrected chi connectivity index (χ4v) is 6.63. The summed E-state index contributed by atoms with van der Waals surface area (Å²) in [4.78, 5) is 34.9. The van der Waals surface area contributed by atoms with E-state index in [1.165, 1.54) is 25.9 Å². The molecule has 214 valence electrons. The van der Waals surface area contributed by atoms with E-state index in [4.69, 9.17) is 9.84 Å². The van der Waals surface area contributed by atoms with Gasteiger partial charge in [0.25, 0.3) is 11.8 Å². The maximum absolute atomic E-state index is 13.7. The van der Waals surface area contributed by atoms with E-state index in [0.29, 0.717) is 22.9 Å². The van der Waals surface area contributed by atoms with Crippen LogP contribution in [0.15, 0.2) is 42.5 Å². The average molecular weight is 555 g/mol. The first-order chi connectivity index (χ1) is 19.9. The molecule has 0 spiro atoms. The van der Waals surface area contributed by atoms with Crippen LogP contribution in [0.5, 0.6) is 5.75 Å². The Kier molecular flexibility index (Phi) is 7.69. The van der Waals surface area contributed by atoms with E-state index in [1.807, 2.05) is 67.3 Å². The number of anilines is 1. The summed E-state index contributed by atoms with van der Waals surface area (Å²) in [6, 6.07) is 14.1. The molecule has 41 heavy (non-hydrogen) atoms. The fourth-order valence-electron chi connectivity index (χ4n) is 6.63. The largest absolute Gasteiger partial charge is 0.491 e. The zero-order valence-corrected chi connectivity index (χ0v) is 23.8. The monoisotopic (exact) mass is 554 g/mol. The normalized spacial score (nSPS) is 18.7. The first kappa shape index (κ1) is 27.3. The minimum absolute atomic E-state index is 0.0629. The zero-order chi connectivity index (χ0) is 28.5. The molecule has 3 aliphatic heterocycles. The van der Waals surface area contributed by atoms with Gasteiger partial charge in [-0.2, -0.15) is 0 Å². The van der Waals surface area contributed by atoms with Crippen LogP contribution in [0.3, 0.4) is 0 Å². The molecule has 2 amide bonds. The predicted octanol–water partition coefficient (Wildman–Crippen LogP) is 4.86. The van der Waals surface area contributed by atoms with Crippen LogP contribution in [0.4, 0.5) is 5.69 Å². The molecular weight excluding hydrogens is 516 g/mol. The molecule has 3 aliphatic rings. The molecule has 2 aromatic carbocycles. The molecule has 1 aromatic heterocycles. The molecular formula is C33H38N4O4. The number of aliphatic hydroxyl groups is 1. The molecule has 0 bridgehead atoms. The Morgan fingerprint density at radius 2 is 1.83 bits per heavy atom. The van der Waals surface area contributed by atoms with Crippen LogP contribution >= 0.6 is 0 Å². The van der Waals surface area contributed by atoms with Gasteiger partial charge in [0.05, 0.1) is 17.7 Å². The SMILES string of the molecule is Cc1[nH]c(C=C2C(=O)Nc3cccc(-c4cccc(OCCO)c4)c32)c(C)c1C(=O)N1CCC(N2CCCC2)CC1. The summed E-state index contributed by atoms with van der Waals surface area (Å²) in [6.45, 7) is 7.98. The lowest BCUT2D eigenvalue weighted by Crippen LogP contribution is -2.46. The van der Waals surface area contributed by atoms with Gasteiger partial charge in [-0.3, -0.25) is 9.59 Å². The number of rotatable bonds is 7. The van der Waals surface area contributed by atoms with Gasteiger partial charge in [0.1, 0.15) is 12.4 Å².